The Morgan fingerprint density at radius 2 is 1.81 bits per heavy atom. The Morgan fingerprint density at radius 1 is 1.08 bits per heavy atom. The van der Waals surface area contributed by atoms with Gasteiger partial charge < -0.3 is 19.0 Å². The summed E-state index contributed by atoms with van der Waals surface area (Å²) in [6.07, 6.45) is 1.36. The number of methoxy groups -OCH3 is 1. The molecule has 0 aromatic heterocycles. The van der Waals surface area contributed by atoms with Gasteiger partial charge in [0.15, 0.2) is 11.5 Å². The van der Waals surface area contributed by atoms with E-state index in [9.17, 15) is 18.5 Å². The van der Waals surface area contributed by atoms with Crippen LogP contribution in [0.25, 0.3) is 6.08 Å². The molecule has 0 spiro atoms. The predicted molar refractivity (Wildman–Crippen MR) is 137 cm³/mol. The Morgan fingerprint density at radius 3 is 2.44 bits per heavy atom. The summed E-state index contributed by atoms with van der Waals surface area (Å²) in [6.45, 7) is 3.76. The van der Waals surface area contributed by atoms with Gasteiger partial charge in [0, 0.05) is 10.7 Å². The zero-order valence-corrected chi connectivity index (χ0v) is 21.3. The van der Waals surface area contributed by atoms with Gasteiger partial charge in [0.05, 0.1) is 13.7 Å². The van der Waals surface area contributed by atoms with Gasteiger partial charge in [-0.25, -0.2) is 0 Å². The van der Waals surface area contributed by atoms with Crippen LogP contribution in [-0.2, 0) is 14.9 Å². The highest BCUT2D eigenvalue weighted by Gasteiger charge is 2.20. The van der Waals surface area contributed by atoms with Gasteiger partial charge in [0.1, 0.15) is 22.3 Å². The molecule has 0 unspecified atom stereocenters. The smallest absolute Gasteiger partial charge is 0.339 e. The first-order valence-electron chi connectivity index (χ1n) is 10.7. The maximum absolute atomic E-state index is 12.7. The molecule has 0 saturated heterocycles. The van der Waals surface area contributed by atoms with Crippen LogP contribution >= 0.6 is 11.6 Å². The van der Waals surface area contributed by atoms with Crippen molar-refractivity contribution in [2.45, 2.75) is 18.7 Å². The van der Waals surface area contributed by atoms with Crippen LogP contribution in [0.4, 0.5) is 5.69 Å². The fraction of sp³-hybridized carbons (Fsp3) is 0.154. The molecule has 3 aromatic rings. The minimum Gasteiger partial charge on any atom is -0.497 e. The molecule has 3 aromatic carbocycles. The van der Waals surface area contributed by atoms with Crippen LogP contribution in [0.3, 0.4) is 0 Å². The van der Waals surface area contributed by atoms with Crippen molar-refractivity contribution in [1.29, 1.82) is 5.26 Å². The molecular weight excluding hydrogens is 504 g/mol. The largest absolute Gasteiger partial charge is 0.497 e. The van der Waals surface area contributed by atoms with E-state index in [-0.39, 0.29) is 28.6 Å². The molecular formula is C26H23ClN2O6S. The van der Waals surface area contributed by atoms with E-state index in [2.05, 4.69) is 5.32 Å². The third-order valence-electron chi connectivity index (χ3n) is 4.94. The number of carbonyl (C=O) groups excluding carboxylic acids is 1. The highest BCUT2D eigenvalue weighted by molar-refractivity contribution is 7.87. The number of hydrogen-bond acceptors (Lipinski definition) is 7. The average Bonchev–Trinajstić information content (AvgIpc) is 2.86. The monoisotopic (exact) mass is 526 g/mol. The molecule has 8 nitrogen and oxygen atoms in total. The van der Waals surface area contributed by atoms with E-state index in [1.807, 2.05) is 6.07 Å². The summed E-state index contributed by atoms with van der Waals surface area (Å²) in [5, 5.41) is 12.7. The SMILES string of the molecule is CCOc1cc(/C=C(\C#N)C(=O)Nc2cc(Cl)ccc2C)ccc1OS(=O)(=O)c1ccc(OC)cc1. The summed E-state index contributed by atoms with van der Waals surface area (Å²) in [7, 11) is -2.68. The second kappa shape index (κ2) is 11.6. The minimum absolute atomic E-state index is 0.0395. The molecule has 3 rings (SSSR count). The first-order chi connectivity index (χ1) is 17.2. The van der Waals surface area contributed by atoms with Crippen LogP contribution in [0.15, 0.2) is 71.1 Å². The maximum Gasteiger partial charge on any atom is 0.339 e. The topological polar surface area (TPSA) is 115 Å². The summed E-state index contributed by atoms with van der Waals surface area (Å²) in [4.78, 5) is 12.6. The molecule has 1 N–H and O–H groups in total. The predicted octanol–water partition coefficient (Wildman–Crippen LogP) is 5.37. The van der Waals surface area contributed by atoms with E-state index >= 15 is 0 Å². The summed E-state index contributed by atoms with van der Waals surface area (Å²) >= 11 is 6.00. The van der Waals surface area contributed by atoms with Crippen LogP contribution in [0, 0.1) is 18.3 Å². The van der Waals surface area contributed by atoms with Crippen molar-refractivity contribution < 1.29 is 26.9 Å². The van der Waals surface area contributed by atoms with Crippen LogP contribution in [0.5, 0.6) is 17.2 Å². The van der Waals surface area contributed by atoms with Crippen molar-refractivity contribution >= 4 is 39.4 Å². The number of rotatable bonds is 9. The molecule has 0 aliphatic heterocycles. The van der Waals surface area contributed by atoms with E-state index in [0.717, 1.165) is 5.56 Å². The Hall–Kier alpha value is -4.00. The van der Waals surface area contributed by atoms with Gasteiger partial charge in [-0.1, -0.05) is 23.7 Å². The summed E-state index contributed by atoms with van der Waals surface area (Å²) < 4.78 is 41.4. The van der Waals surface area contributed by atoms with E-state index in [1.54, 1.807) is 32.0 Å². The third-order valence-corrected chi connectivity index (χ3v) is 6.42. The number of benzene rings is 3. The van der Waals surface area contributed by atoms with Crippen LogP contribution in [-0.4, -0.2) is 28.0 Å². The molecule has 0 aliphatic rings. The quantitative estimate of drug-likeness (QED) is 0.226. The number of nitrogens with zero attached hydrogens (tertiary/aromatic N) is 1. The second-order valence-electron chi connectivity index (χ2n) is 7.44. The van der Waals surface area contributed by atoms with Crippen molar-refractivity contribution in [3.8, 4) is 23.3 Å². The minimum atomic E-state index is -4.15. The average molecular weight is 527 g/mol. The van der Waals surface area contributed by atoms with E-state index < -0.39 is 16.0 Å². The van der Waals surface area contributed by atoms with E-state index in [4.69, 9.17) is 25.3 Å². The van der Waals surface area contributed by atoms with Gasteiger partial charge in [-0.15, -0.1) is 0 Å². The van der Waals surface area contributed by atoms with Gasteiger partial charge in [-0.3, -0.25) is 4.79 Å². The van der Waals surface area contributed by atoms with Crippen molar-refractivity contribution in [1.82, 2.24) is 0 Å². The lowest BCUT2D eigenvalue weighted by molar-refractivity contribution is -0.112. The fourth-order valence-electron chi connectivity index (χ4n) is 3.09. The lowest BCUT2D eigenvalue weighted by Gasteiger charge is -2.13. The number of nitriles is 1. The first-order valence-corrected chi connectivity index (χ1v) is 12.5. The molecule has 0 radical (unpaired) electrons. The first kappa shape index (κ1) is 26.6. The summed E-state index contributed by atoms with van der Waals surface area (Å²) in [5.41, 5.74) is 1.53. The second-order valence-corrected chi connectivity index (χ2v) is 9.42. The van der Waals surface area contributed by atoms with Crippen molar-refractivity contribution in [3.05, 3.63) is 82.4 Å². The van der Waals surface area contributed by atoms with Gasteiger partial charge in [-0.05, 0) is 79.6 Å². The van der Waals surface area contributed by atoms with Gasteiger partial charge >= 0.3 is 10.1 Å². The molecule has 0 fully saturated rings. The molecule has 10 heteroatoms. The highest BCUT2D eigenvalue weighted by atomic mass is 35.5. The molecule has 0 aliphatic carbocycles. The Bertz CT molecular complexity index is 1440. The number of aryl methyl sites for hydroxylation is 1. The number of amides is 1. The highest BCUT2D eigenvalue weighted by Crippen LogP contribution is 2.32. The fourth-order valence-corrected chi connectivity index (χ4v) is 4.21. The Labute approximate surface area is 214 Å². The zero-order valence-electron chi connectivity index (χ0n) is 19.7. The Kier molecular flexibility index (Phi) is 8.59. The molecule has 0 bridgehead atoms. The normalized spacial score (nSPS) is 11.4. The van der Waals surface area contributed by atoms with Gasteiger partial charge in [0.2, 0.25) is 0 Å². The van der Waals surface area contributed by atoms with E-state index in [1.165, 1.54) is 55.7 Å². The molecule has 0 saturated carbocycles. The number of halogens is 1. The van der Waals surface area contributed by atoms with Crippen molar-refractivity contribution in [2.24, 2.45) is 0 Å². The molecule has 186 valence electrons. The number of carbonyl (C=O) groups is 1. The Balaban J connectivity index is 1.88. The molecule has 0 atom stereocenters. The zero-order chi connectivity index (χ0) is 26.3. The van der Waals surface area contributed by atoms with Crippen LogP contribution in [0.1, 0.15) is 18.1 Å². The number of nitrogens with one attached hydrogen (secondary N) is 1. The van der Waals surface area contributed by atoms with Crippen molar-refractivity contribution in [3.63, 3.8) is 0 Å². The third kappa shape index (κ3) is 6.56. The molecule has 0 heterocycles. The summed E-state index contributed by atoms with van der Waals surface area (Å²) in [6, 6.07) is 17.0. The number of hydrogen-bond donors (Lipinski definition) is 1. The lowest BCUT2D eigenvalue weighted by Crippen LogP contribution is -2.14. The molecule has 1 amide bonds. The number of anilines is 1. The van der Waals surface area contributed by atoms with Crippen molar-refractivity contribution in [2.75, 3.05) is 19.0 Å². The van der Waals surface area contributed by atoms with Gasteiger partial charge in [-0.2, -0.15) is 13.7 Å². The number of ether oxygens (including phenoxy) is 2. The standard InChI is InChI=1S/C26H23ClN2O6S/c1-4-34-25-14-18(13-19(16-28)26(30)29-23-15-20(27)7-5-17(23)2)6-12-24(25)35-36(31,32)22-10-8-21(33-3)9-11-22/h5-15H,4H2,1-3H3,(H,29,30)/b19-13+. The van der Waals surface area contributed by atoms with E-state index in [0.29, 0.717) is 22.0 Å². The van der Waals surface area contributed by atoms with Crippen LogP contribution in [0.2, 0.25) is 5.02 Å². The lowest BCUT2D eigenvalue weighted by atomic mass is 10.1. The molecule has 36 heavy (non-hydrogen) atoms. The van der Waals surface area contributed by atoms with Crippen LogP contribution < -0.4 is 19.0 Å². The maximum atomic E-state index is 12.7. The van der Waals surface area contributed by atoms with Gasteiger partial charge in [0.25, 0.3) is 5.91 Å². The summed E-state index contributed by atoms with van der Waals surface area (Å²) in [5.74, 6) is -0.0276.